The molecule has 3 N–H and O–H groups in total. The lowest BCUT2D eigenvalue weighted by molar-refractivity contribution is -0.143. The number of carboxylic acid groups (broad SMARTS) is 1. The molecule has 1 atom stereocenters. The molecular formula is C12H22N4O4. The molecular weight excluding hydrogens is 264 g/mol. The van der Waals surface area contributed by atoms with Crippen molar-refractivity contribution in [3.8, 4) is 0 Å². The molecule has 20 heavy (non-hydrogen) atoms. The van der Waals surface area contributed by atoms with Crippen LogP contribution in [0.4, 0.5) is 4.79 Å². The zero-order valence-corrected chi connectivity index (χ0v) is 11.9. The number of aliphatic carboxylic acids is 1. The third-order valence-electron chi connectivity index (χ3n) is 3.49. The molecule has 1 fully saturated rings. The van der Waals surface area contributed by atoms with E-state index in [-0.39, 0.29) is 12.6 Å². The number of piperazine rings is 1. The van der Waals surface area contributed by atoms with E-state index in [2.05, 4.69) is 0 Å². The number of carbonyl (C=O) groups excluding carboxylic acids is 2. The third kappa shape index (κ3) is 4.09. The van der Waals surface area contributed by atoms with Crippen molar-refractivity contribution < 1.29 is 19.5 Å². The minimum absolute atomic E-state index is 0.0962. The Balaban J connectivity index is 2.53. The number of urea groups is 1. The first-order valence-electron chi connectivity index (χ1n) is 6.65. The number of likely N-dealkylation sites (N-methyl/N-ethyl adjacent to an activating group) is 1. The standard InChI is InChI=1S/C12H22N4O4/c1-3-14(8-10(13)17)12(20)16-6-4-15(5-7-16)9(2)11(18)19/h9H,3-8H2,1-2H3,(H2,13,17)(H,18,19). The molecule has 1 rings (SSSR count). The van der Waals surface area contributed by atoms with Gasteiger partial charge >= 0.3 is 12.0 Å². The largest absolute Gasteiger partial charge is 0.480 e. The van der Waals surface area contributed by atoms with E-state index >= 15 is 0 Å². The Labute approximate surface area is 118 Å². The quantitative estimate of drug-likeness (QED) is 0.674. The van der Waals surface area contributed by atoms with Gasteiger partial charge in [0.05, 0.1) is 0 Å². The summed E-state index contributed by atoms with van der Waals surface area (Å²) >= 11 is 0. The number of hydrogen-bond acceptors (Lipinski definition) is 4. The van der Waals surface area contributed by atoms with Crippen molar-refractivity contribution in [1.29, 1.82) is 0 Å². The highest BCUT2D eigenvalue weighted by molar-refractivity contribution is 5.83. The van der Waals surface area contributed by atoms with Gasteiger partial charge in [0.1, 0.15) is 12.6 Å². The number of carbonyl (C=O) groups is 3. The molecule has 0 bridgehead atoms. The zero-order valence-electron chi connectivity index (χ0n) is 11.9. The average Bonchev–Trinajstić information content (AvgIpc) is 2.43. The first kappa shape index (κ1) is 16.2. The van der Waals surface area contributed by atoms with Crippen LogP contribution < -0.4 is 5.73 Å². The first-order chi connectivity index (χ1) is 9.36. The fraction of sp³-hybridized carbons (Fsp3) is 0.750. The average molecular weight is 286 g/mol. The Bertz CT molecular complexity index is 380. The Kier molecular flexibility index (Phi) is 5.75. The summed E-state index contributed by atoms with van der Waals surface area (Å²) in [6.07, 6.45) is 0. The van der Waals surface area contributed by atoms with Gasteiger partial charge in [-0.05, 0) is 13.8 Å². The molecule has 0 aromatic carbocycles. The molecule has 1 aliphatic rings. The van der Waals surface area contributed by atoms with Gasteiger partial charge in [-0.1, -0.05) is 0 Å². The molecule has 1 heterocycles. The summed E-state index contributed by atoms with van der Waals surface area (Å²) in [4.78, 5) is 38.8. The summed E-state index contributed by atoms with van der Waals surface area (Å²) < 4.78 is 0. The molecule has 3 amide bonds. The molecule has 0 aliphatic carbocycles. The first-order valence-corrected chi connectivity index (χ1v) is 6.65. The monoisotopic (exact) mass is 286 g/mol. The van der Waals surface area contributed by atoms with Crippen LogP contribution in [0.2, 0.25) is 0 Å². The Morgan fingerprint density at radius 3 is 2.20 bits per heavy atom. The highest BCUT2D eigenvalue weighted by atomic mass is 16.4. The molecule has 0 aromatic rings. The Hall–Kier alpha value is -1.83. The predicted octanol–water partition coefficient (Wildman–Crippen LogP) is -0.996. The van der Waals surface area contributed by atoms with Crippen molar-refractivity contribution >= 4 is 17.9 Å². The SMILES string of the molecule is CCN(CC(N)=O)C(=O)N1CCN(C(C)C(=O)O)CC1. The van der Waals surface area contributed by atoms with Crippen LogP contribution in [0.5, 0.6) is 0 Å². The lowest BCUT2D eigenvalue weighted by atomic mass is 10.2. The second-order valence-corrected chi connectivity index (χ2v) is 4.80. The van der Waals surface area contributed by atoms with Crippen LogP contribution in [0.1, 0.15) is 13.8 Å². The van der Waals surface area contributed by atoms with Gasteiger partial charge in [0.2, 0.25) is 5.91 Å². The molecule has 114 valence electrons. The van der Waals surface area contributed by atoms with Gasteiger partial charge in [-0.2, -0.15) is 0 Å². The number of amides is 3. The number of primary amides is 1. The minimum atomic E-state index is -0.867. The van der Waals surface area contributed by atoms with Crippen molar-refractivity contribution in [2.24, 2.45) is 5.73 Å². The van der Waals surface area contributed by atoms with Crippen LogP contribution in [0, 0.1) is 0 Å². The van der Waals surface area contributed by atoms with Gasteiger partial charge in [-0.3, -0.25) is 14.5 Å². The summed E-state index contributed by atoms with van der Waals surface area (Å²) in [5, 5.41) is 8.95. The maximum absolute atomic E-state index is 12.2. The Morgan fingerprint density at radius 1 is 1.25 bits per heavy atom. The van der Waals surface area contributed by atoms with E-state index < -0.39 is 17.9 Å². The molecule has 1 unspecified atom stereocenters. The summed E-state index contributed by atoms with van der Waals surface area (Å²) in [6, 6.07) is -0.783. The van der Waals surface area contributed by atoms with Gasteiger partial charge in [0.15, 0.2) is 0 Å². The van der Waals surface area contributed by atoms with Crippen molar-refractivity contribution in [1.82, 2.24) is 14.7 Å². The van der Waals surface area contributed by atoms with E-state index in [0.717, 1.165) is 0 Å². The van der Waals surface area contributed by atoms with Crippen molar-refractivity contribution in [3.63, 3.8) is 0 Å². The summed E-state index contributed by atoms with van der Waals surface area (Å²) in [7, 11) is 0. The van der Waals surface area contributed by atoms with Crippen LogP contribution in [0.15, 0.2) is 0 Å². The van der Waals surface area contributed by atoms with Crippen LogP contribution in [-0.2, 0) is 9.59 Å². The summed E-state index contributed by atoms with van der Waals surface area (Å²) in [5.74, 6) is -1.41. The molecule has 0 aromatic heterocycles. The maximum Gasteiger partial charge on any atom is 0.320 e. The van der Waals surface area contributed by atoms with Crippen LogP contribution >= 0.6 is 0 Å². The maximum atomic E-state index is 12.2. The minimum Gasteiger partial charge on any atom is -0.480 e. The van der Waals surface area contributed by atoms with E-state index in [0.29, 0.717) is 32.7 Å². The topological polar surface area (TPSA) is 107 Å². The molecule has 0 radical (unpaired) electrons. The highest BCUT2D eigenvalue weighted by Gasteiger charge is 2.29. The van der Waals surface area contributed by atoms with Crippen molar-refractivity contribution in [3.05, 3.63) is 0 Å². The predicted molar refractivity (Wildman–Crippen MR) is 72.1 cm³/mol. The van der Waals surface area contributed by atoms with Crippen molar-refractivity contribution in [2.45, 2.75) is 19.9 Å². The number of nitrogens with two attached hydrogens (primary N) is 1. The highest BCUT2D eigenvalue weighted by Crippen LogP contribution is 2.09. The number of rotatable bonds is 5. The van der Waals surface area contributed by atoms with E-state index in [1.807, 2.05) is 4.90 Å². The second-order valence-electron chi connectivity index (χ2n) is 4.80. The molecule has 0 saturated carbocycles. The van der Waals surface area contributed by atoms with Gasteiger partial charge < -0.3 is 20.6 Å². The van der Waals surface area contributed by atoms with Gasteiger partial charge in [-0.15, -0.1) is 0 Å². The van der Waals surface area contributed by atoms with E-state index in [1.165, 1.54) is 4.90 Å². The Morgan fingerprint density at radius 2 is 1.80 bits per heavy atom. The number of nitrogens with zero attached hydrogens (tertiary/aromatic N) is 3. The van der Waals surface area contributed by atoms with Crippen LogP contribution in [0.3, 0.4) is 0 Å². The third-order valence-corrected chi connectivity index (χ3v) is 3.49. The summed E-state index contributed by atoms with van der Waals surface area (Å²) in [6.45, 7) is 5.64. The number of carboxylic acids is 1. The molecule has 8 nitrogen and oxygen atoms in total. The fourth-order valence-corrected chi connectivity index (χ4v) is 2.16. The van der Waals surface area contributed by atoms with Crippen molar-refractivity contribution in [2.75, 3.05) is 39.3 Å². The zero-order chi connectivity index (χ0) is 15.3. The lowest BCUT2D eigenvalue weighted by Crippen LogP contribution is -2.56. The van der Waals surface area contributed by atoms with E-state index in [4.69, 9.17) is 10.8 Å². The molecule has 1 aliphatic heterocycles. The lowest BCUT2D eigenvalue weighted by Gasteiger charge is -2.38. The normalized spacial score (nSPS) is 17.6. The van der Waals surface area contributed by atoms with Gasteiger partial charge in [0, 0.05) is 32.7 Å². The van der Waals surface area contributed by atoms with E-state index in [9.17, 15) is 14.4 Å². The smallest absolute Gasteiger partial charge is 0.320 e. The van der Waals surface area contributed by atoms with Gasteiger partial charge in [-0.25, -0.2) is 4.79 Å². The summed E-state index contributed by atoms with van der Waals surface area (Å²) in [5.41, 5.74) is 5.11. The molecule has 8 heteroatoms. The van der Waals surface area contributed by atoms with Crippen LogP contribution in [0.25, 0.3) is 0 Å². The molecule has 1 saturated heterocycles. The van der Waals surface area contributed by atoms with Gasteiger partial charge in [0.25, 0.3) is 0 Å². The van der Waals surface area contributed by atoms with E-state index in [1.54, 1.807) is 18.7 Å². The fourth-order valence-electron chi connectivity index (χ4n) is 2.16. The van der Waals surface area contributed by atoms with Crippen LogP contribution in [-0.4, -0.2) is 83.0 Å². The molecule has 0 spiro atoms. The number of hydrogen-bond donors (Lipinski definition) is 2. The second kappa shape index (κ2) is 7.09.